The lowest BCUT2D eigenvalue weighted by Crippen LogP contribution is -2.12. The van der Waals surface area contributed by atoms with E-state index in [2.05, 4.69) is 10.1 Å². The second kappa shape index (κ2) is 3.59. The smallest absolute Gasteiger partial charge is 0.267 e. The van der Waals surface area contributed by atoms with Gasteiger partial charge in [0.05, 0.1) is 0 Å². The molecule has 0 aliphatic heterocycles. The molecule has 0 aliphatic rings. The van der Waals surface area contributed by atoms with Crippen LogP contribution < -0.4 is 0 Å². The quantitative estimate of drug-likeness (QED) is 0.714. The van der Waals surface area contributed by atoms with Crippen LogP contribution in [0.25, 0.3) is 0 Å². The molecule has 0 N–H and O–H groups in total. The topological polar surface area (TPSA) is 47.8 Å². The summed E-state index contributed by atoms with van der Waals surface area (Å²) in [5.41, 5.74) is 0.528. The number of carbonyl (C=O) groups excluding carboxylic acids is 1. The zero-order chi connectivity index (χ0) is 9.97. The van der Waals surface area contributed by atoms with Crippen LogP contribution in [0.1, 0.15) is 10.4 Å². The van der Waals surface area contributed by atoms with Gasteiger partial charge in [0.1, 0.15) is 12.7 Å². The third-order valence-corrected chi connectivity index (χ3v) is 1.97. The Morgan fingerprint density at radius 3 is 2.57 bits per heavy atom. The Hall–Kier alpha value is -1.68. The number of nitrogens with zero attached hydrogens (tertiary/aromatic N) is 3. The molecule has 2 aromatic rings. The summed E-state index contributed by atoms with van der Waals surface area (Å²) in [6, 6.07) is 6.61. The minimum Gasteiger partial charge on any atom is -0.267 e. The van der Waals surface area contributed by atoms with Gasteiger partial charge in [-0.25, -0.2) is 4.98 Å². The van der Waals surface area contributed by atoms with Gasteiger partial charge in [-0.2, -0.15) is 9.78 Å². The van der Waals surface area contributed by atoms with Crippen LogP contribution in [-0.2, 0) is 0 Å². The first-order valence-corrected chi connectivity index (χ1v) is 4.30. The highest BCUT2D eigenvalue weighted by Crippen LogP contribution is 2.10. The summed E-state index contributed by atoms with van der Waals surface area (Å²) in [6.07, 6.45) is 2.67. The molecule has 1 aromatic heterocycles. The third kappa shape index (κ3) is 1.65. The Morgan fingerprint density at radius 1 is 1.29 bits per heavy atom. The largest absolute Gasteiger partial charge is 0.279 e. The van der Waals surface area contributed by atoms with E-state index in [4.69, 9.17) is 11.6 Å². The van der Waals surface area contributed by atoms with Gasteiger partial charge in [0, 0.05) is 10.6 Å². The zero-order valence-corrected chi connectivity index (χ0v) is 7.85. The fourth-order valence-electron chi connectivity index (χ4n) is 1.04. The summed E-state index contributed by atoms with van der Waals surface area (Å²) in [5.74, 6) is -0.223. The Labute approximate surface area is 85.1 Å². The highest BCUT2D eigenvalue weighted by atomic mass is 35.5. The maximum Gasteiger partial charge on any atom is 0.279 e. The summed E-state index contributed by atoms with van der Waals surface area (Å²) in [7, 11) is 0. The van der Waals surface area contributed by atoms with Crippen LogP contribution in [-0.4, -0.2) is 20.7 Å². The summed E-state index contributed by atoms with van der Waals surface area (Å²) < 4.78 is 1.17. The molecule has 0 bridgehead atoms. The molecule has 0 amide bonds. The van der Waals surface area contributed by atoms with E-state index >= 15 is 0 Å². The highest BCUT2D eigenvalue weighted by molar-refractivity contribution is 6.30. The maximum absolute atomic E-state index is 11.6. The summed E-state index contributed by atoms with van der Waals surface area (Å²) in [5, 5.41) is 4.34. The average molecular weight is 208 g/mol. The van der Waals surface area contributed by atoms with Crippen molar-refractivity contribution < 1.29 is 4.79 Å². The average Bonchev–Trinajstić information content (AvgIpc) is 2.71. The molecule has 0 fully saturated rings. The minimum absolute atomic E-state index is 0.223. The predicted molar refractivity (Wildman–Crippen MR) is 51.2 cm³/mol. The number of benzene rings is 1. The van der Waals surface area contributed by atoms with Crippen LogP contribution >= 0.6 is 11.6 Å². The lowest BCUT2D eigenvalue weighted by Gasteiger charge is -1.98. The Morgan fingerprint density at radius 2 is 2.00 bits per heavy atom. The van der Waals surface area contributed by atoms with Crippen LogP contribution in [0.3, 0.4) is 0 Å². The number of carbonyl (C=O) groups is 1. The van der Waals surface area contributed by atoms with E-state index in [1.54, 1.807) is 24.3 Å². The van der Waals surface area contributed by atoms with E-state index in [9.17, 15) is 4.79 Å². The van der Waals surface area contributed by atoms with Crippen LogP contribution in [0.5, 0.6) is 0 Å². The fraction of sp³-hybridized carbons (Fsp3) is 0. The van der Waals surface area contributed by atoms with Crippen molar-refractivity contribution in [3.8, 4) is 0 Å². The first-order chi connectivity index (χ1) is 6.77. The molecule has 4 nitrogen and oxygen atoms in total. The fourth-order valence-corrected chi connectivity index (χ4v) is 1.16. The van der Waals surface area contributed by atoms with Gasteiger partial charge in [-0.15, -0.1) is 0 Å². The Bertz CT molecular complexity index is 436. The van der Waals surface area contributed by atoms with Crippen molar-refractivity contribution in [1.82, 2.24) is 14.8 Å². The van der Waals surface area contributed by atoms with Crippen molar-refractivity contribution in [2.24, 2.45) is 0 Å². The van der Waals surface area contributed by atoms with Gasteiger partial charge in [-0.1, -0.05) is 11.6 Å². The normalized spacial score (nSPS) is 10.1. The van der Waals surface area contributed by atoms with E-state index in [1.165, 1.54) is 17.3 Å². The monoisotopic (exact) mass is 207 g/mol. The standard InChI is InChI=1S/C9H6ClN3O/c10-8-3-1-7(2-4-8)9(14)13-6-11-5-12-13/h1-6H. The molecule has 2 rings (SSSR count). The van der Waals surface area contributed by atoms with Crippen molar-refractivity contribution in [2.45, 2.75) is 0 Å². The van der Waals surface area contributed by atoms with Gasteiger partial charge in [-0.05, 0) is 24.3 Å². The van der Waals surface area contributed by atoms with Gasteiger partial charge >= 0.3 is 0 Å². The molecule has 5 heteroatoms. The lowest BCUT2D eigenvalue weighted by atomic mass is 10.2. The second-order valence-electron chi connectivity index (χ2n) is 2.65. The number of hydrogen-bond donors (Lipinski definition) is 0. The molecule has 70 valence electrons. The van der Waals surface area contributed by atoms with E-state index in [0.29, 0.717) is 10.6 Å². The van der Waals surface area contributed by atoms with E-state index in [0.717, 1.165) is 0 Å². The SMILES string of the molecule is O=C(c1ccc(Cl)cc1)n1cncn1. The molecule has 0 saturated carbocycles. The lowest BCUT2D eigenvalue weighted by molar-refractivity contribution is 0.0944. The Balaban J connectivity index is 2.33. The van der Waals surface area contributed by atoms with E-state index in [1.807, 2.05) is 0 Å². The first kappa shape index (κ1) is 8.90. The summed E-state index contributed by atoms with van der Waals surface area (Å²) in [6.45, 7) is 0. The van der Waals surface area contributed by atoms with E-state index < -0.39 is 0 Å². The van der Waals surface area contributed by atoms with Gasteiger partial charge in [0.15, 0.2) is 0 Å². The zero-order valence-electron chi connectivity index (χ0n) is 7.09. The van der Waals surface area contributed by atoms with Crippen molar-refractivity contribution in [2.75, 3.05) is 0 Å². The molecule has 0 atom stereocenters. The molecule has 0 unspecified atom stereocenters. The van der Waals surface area contributed by atoms with Crippen molar-refractivity contribution >= 4 is 17.5 Å². The molecule has 1 heterocycles. The van der Waals surface area contributed by atoms with Crippen molar-refractivity contribution in [3.63, 3.8) is 0 Å². The van der Waals surface area contributed by atoms with Crippen LogP contribution in [0.4, 0.5) is 0 Å². The molecule has 0 saturated heterocycles. The predicted octanol–water partition coefficient (Wildman–Crippen LogP) is 1.62. The maximum atomic E-state index is 11.6. The third-order valence-electron chi connectivity index (χ3n) is 1.72. The summed E-state index contributed by atoms with van der Waals surface area (Å²) in [4.78, 5) is 15.3. The highest BCUT2D eigenvalue weighted by Gasteiger charge is 2.07. The van der Waals surface area contributed by atoms with Crippen molar-refractivity contribution in [1.29, 1.82) is 0 Å². The van der Waals surface area contributed by atoms with Crippen molar-refractivity contribution in [3.05, 3.63) is 47.5 Å². The first-order valence-electron chi connectivity index (χ1n) is 3.92. The van der Waals surface area contributed by atoms with Gasteiger partial charge in [0.2, 0.25) is 0 Å². The van der Waals surface area contributed by atoms with Gasteiger partial charge in [-0.3, -0.25) is 4.79 Å². The molecule has 14 heavy (non-hydrogen) atoms. The van der Waals surface area contributed by atoms with Crippen LogP contribution in [0, 0.1) is 0 Å². The summed E-state index contributed by atoms with van der Waals surface area (Å²) >= 11 is 5.70. The molecular formula is C9H6ClN3O. The Kier molecular flexibility index (Phi) is 2.28. The van der Waals surface area contributed by atoms with Gasteiger partial charge in [0.25, 0.3) is 5.91 Å². The number of halogens is 1. The number of rotatable bonds is 1. The van der Waals surface area contributed by atoms with Crippen LogP contribution in [0.2, 0.25) is 5.02 Å². The van der Waals surface area contributed by atoms with Crippen LogP contribution in [0.15, 0.2) is 36.9 Å². The molecular weight excluding hydrogens is 202 g/mol. The molecule has 0 radical (unpaired) electrons. The van der Waals surface area contributed by atoms with E-state index in [-0.39, 0.29) is 5.91 Å². The number of aromatic nitrogens is 3. The molecule has 0 spiro atoms. The second-order valence-corrected chi connectivity index (χ2v) is 3.09. The molecule has 1 aromatic carbocycles. The minimum atomic E-state index is -0.223. The number of hydrogen-bond acceptors (Lipinski definition) is 3. The van der Waals surface area contributed by atoms with Gasteiger partial charge < -0.3 is 0 Å². The molecule has 0 aliphatic carbocycles.